The summed E-state index contributed by atoms with van der Waals surface area (Å²) in [6, 6.07) is 7.62. The third-order valence-corrected chi connectivity index (χ3v) is 4.24. The Morgan fingerprint density at radius 1 is 1.36 bits per heavy atom. The predicted molar refractivity (Wildman–Crippen MR) is 92.2 cm³/mol. The predicted octanol–water partition coefficient (Wildman–Crippen LogP) is 4.35. The number of nitrogens with zero attached hydrogens (tertiary/aromatic N) is 3. The maximum Gasteiger partial charge on any atom is 0.211 e. The van der Waals surface area contributed by atoms with E-state index in [1.54, 1.807) is 11.2 Å². The average Bonchev–Trinajstić information content (AvgIpc) is 3.07. The van der Waals surface area contributed by atoms with Crippen LogP contribution in [-0.4, -0.2) is 36.6 Å². The van der Waals surface area contributed by atoms with Gasteiger partial charge in [0.1, 0.15) is 16.2 Å². The highest BCUT2D eigenvalue weighted by Crippen LogP contribution is 2.35. The summed E-state index contributed by atoms with van der Waals surface area (Å²) >= 11 is 4.67. The quantitative estimate of drug-likeness (QED) is 0.385. The number of aromatic nitrogens is 1. The van der Waals surface area contributed by atoms with Gasteiger partial charge in [0, 0.05) is 24.0 Å². The smallest absolute Gasteiger partial charge is 0.211 e. The van der Waals surface area contributed by atoms with Gasteiger partial charge in [-0.05, 0) is 24.3 Å². The van der Waals surface area contributed by atoms with Gasteiger partial charge in [-0.2, -0.15) is 0 Å². The molecule has 22 heavy (non-hydrogen) atoms. The molecule has 3 aromatic rings. The van der Waals surface area contributed by atoms with Gasteiger partial charge in [0.05, 0.1) is 6.34 Å². The van der Waals surface area contributed by atoms with Crippen molar-refractivity contribution in [1.82, 2.24) is 9.88 Å². The fourth-order valence-electron chi connectivity index (χ4n) is 1.93. The molecule has 5 nitrogen and oxygen atoms in total. The van der Waals surface area contributed by atoms with Crippen LogP contribution in [0.5, 0.6) is 0 Å². The molecule has 0 saturated heterocycles. The highest BCUT2D eigenvalue weighted by Gasteiger charge is 2.16. The molecule has 0 radical (unpaired) electrons. The molecule has 0 atom stereocenters. The zero-order valence-electron chi connectivity index (χ0n) is 11.9. The largest absolute Gasteiger partial charge is 0.454 e. The highest BCUT2D eigenvalue weighted by atomic mass is 79.9. The van der Waals surface area contributed by atoms with E-state index < -0.39 is 0 Å². The van der Waals surface area contributed by atoms with Crippen LogP contribution in [0, 0.1) is 0 Å². The molecule has 0 amide bonds. The van der Waals surface area contributed by atoms with E-state index in [-0.39, 0.29) is 0 Å². The van der Waals surface area contributed by atoms with E-state index in [9.17, 15) is 4.79 Å². The molecule has 0 saturated carbocycles. The van der Waals surface area contributed by atoms with Crippen LogP contribution in [0.15, 0.2) is 38.1 Å². The number of fused-ring (bicyclic) bond motifs is 1. The van der Waals surface area contributed by atoms with Gasteiger partial charge in [-0.3, -0.25) is 4.79 Å². The maximum absolute atomic E-state index is 11.3. The molecular weight excluding hydrogens is 366 g/mol. The molecule has 0 N–H and O–H groups in total. The van der Waals surface area contributed by atoms with Crippen molar-refractivity contribution < 1.29 is 9.21 Å². The van der Waals surface area contributed by atoms with E-state index in [0.29, 0.717) is 21.5 Å². The van der Waals surface area contributed by atoms with Gasteiger partial charge in [0.15, 0.2) is 12.0 Å². The first kappa shape index (κ1) is 14.9. The molecule has 7 heteroatoms. The Labute approximate surface area is 139 Å². The van der Waals surface area contributed by atoms with E-state index in [4.69, 9.17) is 4.42 Å². The lowest BCUT2D eigenvalue weighted by Crippen LogP contribution is -2.06. The van der Waals surface area contributed by atoms with Gasteiger partial charge in [-0.25, -0.2) is 9.98 Å². The summed E-state index contributed by atoms with van der Waals surface area (Å²) in [6.07, 6.45) is 2.43. The lowest BCUT2D eigenvalue weighted by Gasteiger charge is -1.99. The SMILES string of the molecule is CN(C)/C=N/c1nc(-c2cc3cc(Br)ccc3o2)c(C=O)s1. The second-order valence-corrected chi connectivity index (χ2v) is 6.75. The van der Waals surface area contributed by atoms with Gasteiger partial charge in [0.2, 0.25) is 5.13 Å². The summed E-state index contributed by atoms with van der Waals surface area (Å²) in [5, 5.41) is 1.47. The zero-order valence-corrected chi connectivity index (χ0v) is 14.3. The van der Waals surface area contributed by atoms with Gasteiger partial charge in [-0.1, -0.05) is 27.3 Å². The summed E-state index contributed by atoms with van der Waals surface area (Å²) in [7, 11) is 3.74. The van der Waals surface area contributed by atoms with E-state index in [1.165, 1.54) is 11.3 Å². The third kappa shape index (κ3) is 2.95. The number of carbonyl (C=O) groups is 1. The van der Waals surface area contributed by atoms with Gasteiger partial charge in [-0.15, -0.1) is 0 Å². The van der Waals surface area contributed by atoms with Crippen LogP contribution in [0.1, 0.15) is 9.67 Å². The second kappa shape index (κ2) is 6.02. The number of aliphatic imine (C=N–C) groups is 1. The number of hydrogen-bond donors (Lipinski definition) is 0. The first-order valence-electron chi connectivity index (χ1n) is 6.43. The first-order chi connectivity index (χ1) is 10.6. The topological polar surface area (TPSA) is 58.7 Å². The van der Waals surface area contributed by atoms with E-state index in [1.807, 2.05) is 38.4 Å². The number of aldehydes is 1. The lowest BCUT2D eigenvalue weighted by atomic mass is 10.2. The van der Waals surface area contributed by atoms with Crippen molar-refractivity contribution >= 4 is 56.0 Å². The summed E-state index contributed by atoms with van der Waals surface area (Å²) in [6.45, 7) is 0. The molecule has 112 valence electrons. The summed E-state index contributed by atoms with van der Waals surface area (Å²) < 4.78 is 6.76. The van der Waals surface area contributed by atoms with Crippen LogP contribution >= 0.6 is 27.3 Å². The average molecular weight is 378 g/mol. The second-order valence-electron chi connectivity index (χ2n) is 4.83. The Morgan fingerprint density at radius 2 is 2.18 bits per heavy atom. The number of furan rings is 1. The molecule has 0 aliphatic carbocycles. The van der Waals surface area contributed by atoms with Gasteiger partial charge < -0.3 is 9.32 Å². The summed E-state index contributed by atoms with van der Waals surface area (Å²) in [5.74, 6) is 0.567. The minimum atomic E-state index is 0.504. The zero-order chi connectivity index (χ0) is 15.7. The van der Waals surface area contributed by atoms with Crippen molar-refractivity contribution in [3.05, 3.63) is 33.6 Å². The molecule has 2 heterocycles. The van der Waals surface area contributed by atoms with Crippen LogP contribution in [-0.2, 0) is 0 Å². The van der Waals surface area contributed by atoms with Crippen molar-refractivity contribution in [2.75, 3.05) is 14.1 Å². The number of hydrogen-bond acceptors (Lipinski definition) is 5. The molecule has 0 fully saturated rings. The Kier molecular flexibility index (Phi) is 4.08. The Morgan fingerprint density at radius 3 is 2.91 bits per heavy atom. The van der Waals surface area contributed by atoms with Crippen LogP contribution in [0.25, 0.3) is 22.4 Å². The van der Waals surface area contributed by atoms with E-state index in [2.05, 4.69) is 25.9 Å². The molecule has 0 bridgehead atoms. The standard InChI is InChI=1S/C15H12BrN3O2S/c1-19(2)8-17-15-18-14(13(7-20)22-15)12-6-9-5-10(16)3-4-11(9)21-12/h3-8H,1-2H3/b17-8+. The molecule has 0 aliphatic rings. The Balaban J connectivity index is 2.06. The summed E-state index contributed by atoms with van der Waals surface area (Å²) in [5.41, 5.74) is 1.28. The van der Waals surface area contributed by atoms with Gasteiger partial charge >= 0.3 is 0 Å². The molecule has 0 unspecified atom stereocenters. The fraction of sp³-hybridized carbons (Fsp3) is 0.133. The maximum atomic E-state index is 11.3. The van der Waals surface area contributed by atoms with Crippen molar-refractivity contribution in [1.29, 1.82) is 0 Å². The number of halogens is 1. The van der Waals surface area contributed by atoms with Crippen molar-refractivity contribution in [2.45, 2.75) is 0 Å². The van der Waals surface area contributed by atoms with E-state index >= 15 is 0 Å². The van der Waals surface area contributed by atoms with Crippen LogP contribution in [0.2, 0.25) is 0 Å². The number of thiazole rings is 1. The minimum absolute atomic E-state index is 0.504. The van der Waals surface area contributed by atoms with Crippen molar-refractivity contribution in [3.8, 4) is 11.5 Å². The van der Waals surface area contributed by atoms with Crippen LogP contribution < -0.4 is 0 Å². The molecule has 0 spiro atoms. The lowest BCUT2D eigenvalue weighted by molar-refractivity contribution is 0.112. The summed E-state index contributed by atoms with van der Waals surface area (Å²) in [4.78, 5) is 22.2. The third-order valence-electron chi connectivity index (χ3n) is 2.86. The molecular formula is C15H12BrN3O2S. The molecule has 2 aromatic heterocycles. The molecule has 1 aromatic carbocycles. The fourth-order valence-corrected chi connectivity index (χ4v) is 3.03. The Bertz CT molecular complexity index is 867. The molecule has 3 rings (SSSR count). The Hall–Kier alpha value is -1.99. The number of rotatable bonds is 4. The minimum Gasteiger partial charge on any atom is -0.454 e. The van der Waals surface area contributed by atoms with Gasteiger partial charge in [0.25, 0.3) is 0 Å². The van der Waals surface area contributed by atoms with Crippen LogP contribution in [0.3, 0.4) is 0 Å². The highest BCUT2D eigenvalue weighted by molar-refractivity contribution is 9.10. The van der Waals surface area contributed by atoms with Crippen molar-refractivity contribution in [2.24, 2.45) is 4.99 Å². The van der Waals surface area contributed by atoms with Crippen molar-refractivity contribution in [3.63, 3.8) is 0 Å². The number of benzene rings is 1. The normalized spacial score (nSPS) is 11.4. The monoisotopic (exact) mass is 377 g/mol. The molecule has 0 aliphatic heterocycles. The van der Waals surface area contributed by atoms with E-state index in [0.717, 1.165) is 21.7 Å². The number of carbonyl (C=O) groups excluding carboxylic acids is 1. The van der Waals surface area contributed by atoms with Crippen LogP contribution in [0.4, 0.5) is 5.13 Å². The first-order valence-corrected chi connectivity index (χ1v) is 8.04.